The van der Waals surface area contributed by atoms with Crippen molar-refractivity contribution in [3.05, 3.63) is 11.8 Å². The van der Waals surface area contributed by atoms with Crippen molar-refractivity contribution in [3.63, 3.8) is 0 Å². The maximum atomic E-state index is 8.68. The van der Waals surface area contributed by atoms with E-state index < -0.39 is 0 Å². The molecule has 17 heavy (non-hydrogen) atoms. The summed E-state index contributed by atoms with van der Waals surface area (Å²) in [5, 5.41) is 11.6. The summed E-state index contributed by atoms with van der Waals surface area (Å²) in [4.78, 5) is 10.8. The first-order valence-corrected chi connectivity index (χ1v) is 5.75. The van der Waals surface area contributed by atoms with E-state index in [2.05, 4.69) is 40.1 Å². The van der Waals surface area contributed by atoms with Gasteiger partial charge in [-0.25, -0.2) is 4.98 Å². The van der Waals surface area contributed by atoms with Crippen LogP contribution in [0.4, 0.5) is 11.8 Å². The molecule has 0 aromatic carbocycles. The van der Waals surface area contributed by atoms with Gasteiger partial charge in [-0.3, -0.25) is 0 Å². The summed E-state index contributed by atoms with van der Waals surface area (Å²) < 4.78 is 0. The molecule has 92 valence electrons. The second-order valence-electron chi connectivity index (χ2n) is 4.14. The average Bonchev–Trinajstić information content (AvgIpc) is 2.28. The Morgan fingerprint density at radius 3 is 2.71 bits per heavy atom. The maximum absolute atomic E-state index is 8.68. The lowest BCUT2D eigenvalue weighted by molar-refractivity contribution is 0.675. The topological polar surface area (TPSA) is 64.8 Å². The van der Waals surface area contributed by atoms with Crippen molar-refractivity contribution in [2.45, 2.75) is 33.2 Å². The van der Waals surface area contributed by atoms with Crippen LogP contribution in [-0.4, -0.2) is 29.6 Å². The fourth-order valence-electron chi connectivity index (χ4n) is 1.62. The molecule has 1 heterocycles. The minimum Gasteiger partial charge on any atom is -0.357 e. The number of nitriles is 1. The van der Waals surface area contributed by atoms with Crippen molar-refractivity contribution in [1.29, 1.82) is 5.26 Å². The first-order valence-electron chi connectivity index (χ1n) is 5.75. The summed E-state index contributed by atoms with van der Waals surface area (Å²) in [7, 11) is 1.80. The fourth-order valence-corrected chi connectivity index (χ4v) is 1.62. The van der Waals surface area contributed by atoms with Gasteiger partial charge in [-0.2, -0.15) is 10.2 Å². The second kappa shape index (κ2) is 6.04. The smallest absolute Gasteiger partial charge is 0.224 e. The van der Waals surface area contributed by atoms with Crippen molar-refractivity contribution in [2.75, 3.05) is 23.8 Å². The van der Waals surface area contributed by atoms with Crippen LogP contribution in [0.25, 0.3) is 0 Å². The van der Waals surface area contributed by atoms with E-state index in [-0.39, 0.29) is 0 Å². The van der Waals surface area contributed by atoms with E-state index in [4.69, 9.17) is 5.26 Å². The minimum absolute atomic E-state index is 0.308. The van der Waals surface area contributed by atoms with Crippen LogP contribution < -0.4 is 10.2 Å². The van der Waals surface area contributed by atoms with Gasteiger partial charge in [0.25, 0.3) is 0 Å². The molecule has 5 heteroatoms. The lowest BCUT2D eigenvalue weighted by Crippen LogP contribution is -2.32. The molecule has 0 aliphatic carbocycles. The zero-order valence-electron chi connectivity index (χ0n) is 10.9. The molecule has 0 fully saturated rings. The number of aromatic nitrogens is 2. The van der Waals surface area contributed by atoms with Crippen LogP contribution in [0.2, 0.25) is 0 Å². The molecule has 0 amide bonds. The lowest BCUT2D eigenvalue weighted by Gasteiger charge is -2.27. The zero-order valence-corrected chi connectivity index (χ0v) is 10.9. The molecule has 0 radical (unpaired) electrons. The monoisotopic (exact) mass is 233 g/mol. The Balaban J connectivity index is 3.01. The Bertz CT molecular complexity index is 408. The van der Waals surface area contributed by atoms with Gasteiger partial charge in [0, 0.05) is 31.4 Å². The fraction of sp³-hybridized carbons (Fsp3) is 0.583. The number of nitrogens with zero attached hydrogens (tertiary/aromatic N) is 4. The van der Waals surface area contributed by atoms with Crippen molar-refractivity contribution in [2.24, 2.45) is 0 Å². The molecule has 0 unspecified atom stereocenters. The van der Waals surface area contributed by atoms with Crippen LogP contribution in [0.5, 0.6) is 0 Å². The number of nitrogens with one attached hydrogen (secondary N) is 1. The van der Waals surface area contributed by atoms with Gasteiger partial charge >= 0.3 is 0 Å². The quantitative estimate of drug-likeness (QED) is 0.842. The summed E-state index contributed by atoms with van der Waals surface area (Å²) in [6.07, 6.45) is 0.496. The van der Waals surface area contributed by atoms with E-state index in [0.29, 0.717) is 25.0 Å². The normalized spacial score (nSPS) is 10.1. The highest BCUT2D eigenvalue weighted by Crippen LogP contribution is 2.17. The summed E-state index contributed by atoms with van der Waals surface area (Å²) in [5.74, 6) is 1.48. The largest absolute Gasteiger partial charge is 0.357 e. The molecule has 0 atom stereocenters. The third-order valence-corrected chi connectivity index (χ3v) is 2.45. The molecule has 5 nitrogen and oxygen atoms in total. The van der Waals surface area contributed by atoms with Crippen LogP contribution in [0.1, 0.15) is 26.0 Å². The number of aryl methyl sites for hydroxylation is 1. The molecular formula is C12H19N5. The van der Waals surface area contributed by atoms with E-state index in [0.717, 1.165) is 11.5 Å². The van der Waals surface area contributed by atoms with Gasteiger partial charge in [-0.1, -0.05) is 0 Å². The van der Waals surface area contributed by atoms with Crippen molar-refractivity contribution in [3.8, 4) is 6.07 Å². The Labute approximate surface area is 102 Å². The van der Waals surface area contributed by atoms with Crippen molar-refractivity contribution in [1.82, 2.24) is 9.97 Å². The molecule has 0 saturated carbocycles. The Morgan fingerprint density at radius 1 is 1.47 bits per heavy atom. The minimum atomic E-state index is 0.308. The first kappa shape index (κ1) is 13.2. The van der Waals surface area contributed by atoms with Gasteiger partial charge < -0.3 is 10.2 Å². The van der Waals surface area contributed by atoms with Gasteiger partial charge in [0.1, 0.15) is 5.82 Å². The van der Waals surface area contributed by atoms with Crippen LogP contribution in [0.15, 0.2) is 6.07 Å². The summed E-state index contributed by atoms with van der Waals surface area (Å²) in [6, 6.07) is 4.42. The van der Waals surface area contributed by atoms with E-state index in [1.165, 1.54) is 0 Å². The Kier molecular flexibility index (Phi) is 4.70. The third kappa shape index (κ3) is 3.59. The molecule has 1 aromatic heterocycles. The van der Waals surface area contributed by atoms with Crippen LogP contribution >= 0.6 is 0 Å². The van der Waals surface area contributed by atoms with Crippen LogP contribution in [0.3, 0.4) is 0 Å². The molecule has 0 saturated heterocycles. The van der Waals surface area contributed by atoms with Crippen molar-refractivity contribution >= 4 is 11.8 Å². The lowest BCUT2D eigenvalue weighted by atomic mass is 10.2. The predicted octanol–water partition coefficient (Wildman–Crippen LogP) is 1.96. The van der Waals surface area contributed by atoms with E-state index in [9.17, 15) is 0 Å². The Hall–Kier alpha value is -1.83. The SMILES string of the molecule is CNc1nc(C)cc(N(CCC#N)C(C)C)n1. The van der Waals surface area contributed by atoms with Crippen LogP contribution in [-0.2, 0) is 0 Å². The number of rotatable bonds is 5. The number of anilines is 2. The molecular weight excluding hydrogens is 214 g/mol. The summed E-state index contributed by atoms with van der Waals surface area (Å²) in [6.45, 7) is 6.81. The van der Waals surface area contributed by atoms with Gasteiger partial charge in [0.2, 0.25) is 5.95 Å². The summed E-state index contributed by atoms with van der Waals surface area (Å²) in [5.41, 5.74) is 0.918. The van der Waals surface area contributed by atoms with Gasteiger partial charge in [0.05, 0.1) is 12.5 Å². The second-order valence-corrected chi connectivity index (χ2v) is 4.14. The van der Waals surface area contributed by atoms with Crippen LogP contribution in [0, 0.1) is 18.3 Å². The highest BCUT2D eigenvalue weighted by atomic mass is 15.2. The maximum Gasteiger partial charge on any atom is 0.224 e. The summed E-state index contributed by atoms with van der Waals surface area (Å²) >= 11 is 0. The molecule has 0 aliphatic heterocycles. The van der Waals surface area contributed by atoms with Crippen molar-refractivity contribution < 1.29 is 0 Å². The standard InChI is InChI=1S/C12H19N5/c1-9(2)17(7-5-6-13)11-8-10(3)15-12(14-4)16-11/h8-9H,5,7H2,1-4H3,(H,14,15,16). The first-order chi connectivity index (χ1) is 8.08. The number of hydrogen-bond donors (Lipinski definition) is 1. The average molecular weight is 233 g/mol. The highest BCUT2D eigenvalue weighted by molar-refractivity contribution is 5.45. The predicted molar refractivity (Wildman–Crippen MR) is 69.0 cm³/mol. The van der Waals surface area contributed by atoms with E-state index >= 15 is 0 Å². The molecule has 0 spiro atoms. The molecule has 1 aromatic rings. The van der Waals surface area contributed by atoms with Gasteiger partial charge in [-0.15, -0.1) is 0 Å². The van der Waals surface area contributed by atoms with E-state index in [1.54, 1.807) is 7.05 Å². The van der Waals surface area contributed by atoms with Gasteiger partial charge in [0.15, 0.2) is 0 Å². The molecule has 0 bridgehead atoms. The highest BCUT2D eigenvalue weighted by Gasteiger charge is 2.13. The molecule has 1 N–H and O–H groups in total. The Morgan fingerprint density at radius 2 is 2.18 bits per heavy atom. The van der Waals surface area contributed by atoms with E-state index in [1.807, 2.05) is 13.0 Å². The van der Waals surface area contributed by atoms with Gasteiger partial charge in [-0.05, 0) is 20.8 Å². The third-order valence-electron chi connectivity index (χ3n) is 2.45. The molecule has 0 aliphatic rings. The zero-order chi connectivity index (χ0) is 12.8. The molecule has 1 rings (SSSR count). The number of hydrogen-bond acceptors (Lipinski definition) is 5.